The van der Waals surface area contributed by atoms with Gasteiger partial charge in [0.1, 0.15) is 5.69 Å². The molecule has 0 aliphatic heterocycles. The van der Waals surface area contributed by atoms with Gasteiger partial charge in [0, 0.05) is 17.3 Å². The molecule has 0 fully saturated rings. The van der Waals surface area contributed by atoms with E-state index in [2.05, 4.69) is 50.1 Å². The molecule has 164 valence electrons. The van der Waals surface area contributed by atoms with Crippen molar-refractivity contribution in [3.8, 4) is 5.88 Å². The van der Waals surface area contributed by atoms with Crippen LogP contribution in [0.2, 0.25) is 0 Å². The number of carbonyl (C=O) groups excluding carboxylic acids is 1. The zero-order valence-corrected chi connectivity index (χ0v) is 20.7. The van der Waals surface area contributed by atoms with Crippen LogP contribution >= 0.6 is 31.9 Å². The van der Waals surface area contributed by atoms with E-state index in [0.29, 0.717) is 31.0 Å². The predicted octanol–water partition coefficient (Wildman–Crippen LogP) is 6.40. The number of aromatic nitrogens is 2. The summed E-state index contributed by atoms with van der Waals surface area (Å²) >= 11 is 7.20. The van der Waals surface area contributed by atoms with Crippen molar-refractivity contribution in [2.45, 2.75) is 30.7 Å². The van der Waals surface area contributed by atoms with Crippen molar-refractivity contribution in [2.24, 2.45) is 0 Å². The first-order valence-corrected chi connectivity index (χ1v) is 12.0. The van der Waals surface area contributed by atoms with Crippen molar-refractivity contribution in [1.29, 1.82) is 0 Å². The van der Waals surface area contributed by atoms with Gasteiger partial charge in [0.25, 0.3) is 0 Å². The Labute approximate surface area is 203 Å². The Morgan fingerprint density at radius 2 is 1.94 bits per heavy atom. The normalized spacial score (nSPS) is 17.8. The number of halogens is 2. The van der Waals surface area contributed by atoms with Crippen LogP contribution in [0.5, 0.6) is 5.88 Å². The van der Waals surface area contributed by atoms with Crippen molar-refractivity contribution >= 4 is 54.4 Å². The lowest BCUT2D eigenvalue weighted by Crippen LogP contribution is -2.28. The van der Waals surface area contributed by atoms with E-state index in [9.17, 15) is 4.79 Å². The lowest BCUT2D eigenvalue weighted by Gasteiger charge is -2.27. The van der Waals surface area contributed by atoms with Crippen molar-refractivity contribution in [3.63, 3.8) is 0 Å². The third-order valence-corrected chi connectivity index (χ3v) is 6.26. The number of esters is 1. The lowest BCUT2D eigenvalue weighted by atomic mass is 9.98. The first-order valence-electron chi connectivity index (χ1n) is 10.4. The minimum atomic E-state index is -0.748. The largest absolute Gasteiger partial charge is 0.466 e. The summed E-state index contributed by atoms with van der Waals surface area (Å²) in [6.45, 7) is 2.14. The Morgan fingerprint density at radius 1 is 1.12 bits per heavy atom. The molecule has 5 nitrogen and oxygen atoms in total. The van der Waals surface area contributed by atoms with E-state index in [1.165, 1.54) is 0 Å². The highest BCUT2D eigenvalue weighted by Gasteiger charge is 2.29. The first-order chi connectivity index (χ1) is 15.5. The standard InChI is InChI=1S/C25H22Br2N2O3/c1-2-31-23(30)11-10-21-24(29-20-9-8-19(26)16-22(20)28-21)32-25(27)14-12-18(13-15-25)17-6-4-3-5-7-17/h3-9,12-14,16H,2,10-11,15H2,1H3. The van der Waals surface area contributed by atoms with Gasteiger partial charge in [-0.25, -0.2) is 9.97 Å². The molecule has 1 aromatic heterocycles. The third kappa shape index (κ3) is 5.45. The van der Waals surface area contributed by atoms with E-state index in [1.54, 1.807) is 6.92 Å². The molecule has 4 rings (SSSR count). The summed E-state index contributed by atoms with van der Waals surface area (Å²) in [4.78, 5) is 21.4. The van der Waals surface area contributed by atoms with Crippen LogP contribution in [-0.2, 0) is 16.0 Å². The molecule has 1 aliphatic carbocycles. The van der Waals surface area contributed by atoms with Gasteiger partial charge in [0.05, 0.1) is 24.1 Å². The number of allylic oxidation sites excluding steroid dienone is 2. The molecule has 0 radical (unpaired) electrons. The number of benzene rings is 2. The molecule has 0 spiro atoms. The van der Waals surface area contributed by atoms with Gasteiger partial charge >= 0.3 is 5.97 Å². The first kappa shape index (κ1) is 22.7. The molecule has 2 aromatic carbocycles. The van der Waals surface area contributed by atoms with Crippen molar-refractivity contribution < 1.29 is 14.3 Å². The molecule has 0 saturated carbocycles. The minimum Gasteiger partial charge on any atom is -0.466 e. The molecule has 0 saturated heterocycles. The Balaban J connectivity index is 1.60. The fourth-order valence-corrected chi connectivity index (χ4v) is 4.22. The van der Waals surface area contributed by atoms with Gasteiger partial charge in [-0.2, -0.15) is 0 Å². The van der Waals surface area contributed by atoms with Gasteiger partial charge in [0.15, 0.2) is 4.51 Å². The van der Waals surface area contributed by atoms with Crippen LogP contribution in [0.25, 0.3) is 16.6 Å². The zero-order chi connectivity index (χ0) is 22.6. The molecule has 32 heavy (non-hydrogen) atoms. The van der Waals surface area contributed by atoms with Crippen LogP contribution in [0.3, 0.4) is 0 Å². The maximum absolute atomic E-state index is 11.9. The number of hydrogen-bond acceptors (Lipinski definition) is 5. The monoisotopic (exact) mass is 556 g/mol. The molecule has 1 aliphatic rings. The fourth-order valence-electron chi connectivity index (χ4n) is 3.43. The van der Waals surface area contributed by atoms with Gasteiger partial charge < -0.3 is 9.47 Å². The Bertz CT molecular complexity index is 1190. The molecule has 0 amide bonds. The van der Waals surface area contributed by atoms with Gasteiger partial charge in [-0.3, -0.25) is 4.79 Å². The van der Waals surface area contributed by atoms with Crippen LogP contribution in [0, 0.1) is 0 Å². The van der Waals surface area contributed by atoms with E-state index >= 15 is 0 Å². The molecule has 7 heteroatoms. The number of aryl methyl sites for hydroxylation is 1. The van der Waals surface area contributed by atoms with Gasteiger partial charge in [-0.05, 0) is 58.3 Å². The second-order valence-corrected chi connectivity index (χ2v) is 9.62. The van der Waals surface area contributed by atoms with E-state index in [1.807, 2.05) is 48.6 Å². The van der Waals surface area contributed by atoms with E-state index in [-0.39, 0.29) is 12.4 Å². The molecule has 0 N–H and O–H groups in total. The molecular weight excluding hydrogens is 536 g/mol. The summed E-state index contributed by atoms with van der Waals surface area (Å²) in [6.07, 6.45) is 7.36. The number of fused-ring (bicyclic) bond motifs is 1. The number of nitrogens with zero attached hydrogens (tertiary/aromatic N) is 2. The number of hydrogen-bond donors (Lipinski definition) is 0. The van der Waals surface area contributed by atoms with Crippen LogP contribution < -0.4 is 4.74 Å². The number of ether oxygens (including phenoxy) is 2. The average molecular weight is 558 g/mol. The minimum absolute atomic E-state index is 0.210. The highest BCUT2D eigenvalue weighted by atomic mass is 79.9. The van der Waals surface area contributed by atoms with Crippen LogP contribution in [0.4, 0.5) is 0 Å². The van der Waals surface area contributed by atoms with Crippen LogP contribution in [-0.4, -0.2) is 27.1 Å². The number of carbonyl (C=O) groups is 1. The SMILES string of the molecule is CCOC(=O)CCc1nc2cc(Br)ccc2nc1OC1(Br)C=CC(c2ccccc2)=CC1. The maximum atomic E-state index is 11.9. The van der Waals surface area contributed by atoms with Crippen molar-refractivity contribution in [2.75, 3.05) is 6.61 Å². The van der Waals surface area contributed by atoms with Crippen molar-refractivity contribution in [1.82, 2.24) is 9.97 Å². The smallest absolute Gasteiger partial charge is 0.306 e. The van der Waals surface area contributed by atoms with Gasteiger partial charge in [-0.1, -0.05) is 58.4 Å². The molecule has 0 bridgehead atoms. The molecule has 3 aromatic rings. The second-order valence-electron chi connectivity index (χ2n) is 7.36. The number of alkyl halides is 1. The quantitative estimate of drug-likeness (QED) is 0.248. The fraction of sp³-hybridized carbons (Fsp3) is 0.240. The maximum Gasteiger partial charge on any atom is 0.306 e. The Morgan fingerprint density at radius 3 is 2.66 bits per heavy atom. The second kappa shape index (κ2) is 9.96. The lowest BCUT2D eigenvalue weighted by molar-refractivity contribution is -0.143. The zero-order valence-electron chi connectivity index (χ0n) is 17.6. The summed E-state index contributed by atoms with van der Waals surface area (Å²) in [6, 6.07) is 15.9. The summed E-state index contributed by atoms with van der Waals surface area (Å²) in [5.41, 5.74) is 4.37. The molecule has 1 heterocycles. The Hall–Kier alpha value is -2.51. The van der Waals surface area contributed by atoms with E-state index in [0.717, 1.165) is 26.6 Å². The molecular formula is C25H22Br2N2O3. The molecule has 1 unspecified atom stereocenters. The number of rotatable bonds is 7. The third-order valence-electron chi connectivity index (χ3n) is 5.02. The van der Waals surface area contributed by atoms with E-state index in [4.69, 9.17) is 19.4 Å². The topological polar surface area (TPSA) is 61.3 Å². The summed E-state index contributed by atoms with van der Waals surface area (Å²) in [7, 11) is 0. The average Bonchev–Trinajstić information content (AvgIpc) is 2.79. The summed E-state index contributed by atoms with van der Waals surface area (Å²) in [5, 5.41) is 0. The Kier molecular flexibility index (Phi) is 7.06. The van der Waals surface area contributed by atoms with Crippen LogP contribution in [0.1, 0.15) is 31.0 Å². The predicted molar refractivity (Wildman–Crippen MR) is 133 cm³/mol. The highest BCUT2D eigenvalue weighted by molar-refractivity contribution is 9.10. The molecule has 1 atom stereocenters. The highest BCUT2D eigenvalue weighted by Crippen LogP contribution is 2.36. The van der Waals surface area contributed by atoms with E-state index < -0.39 is 4.51 Å². The summed E-state index contributed by atoms with van der Waals surface area (Å²) in [5.74, 6) is 0.137. The van der Waals surface area contributed by atoms with Crippen LogP contribution in [0.15, 0.2) is 71.2 Å². The summed E-state index contributed by atoms with van der Waals surface area (Å²) < 4.78 is 11.6. The van der Waals surface area contributed by atoms with Gasteiger partial charge in [0.2, 0.25) is 5.88 Å². The van der Waals surface area contributed by atoms with Gasteiger partial charge in [-0.15, -0.1) is 0 Å². The van der Waals surface area contributed by atoms with Crippen molar-refractivity contribution in [3.05, 3.63) is 82.5 Å².